The fraction of sp³-hybridized carbons (Fsp3) is 0.900. The number of hydrogen-bond donors (Lipinski definition) is 0. The van der Waals surface area contributed by atoms with Crippen molar-refractivity contribution in [2.24, 2.45) is 0 Å². The fourth-order valence-electron chi connectivity index (χ4n) is 2.56. The molecule has 0 unspecified atom stereocenters. The van der Waals surface area contributed by atoms with Gasteiger partial charge in [-0.1, -0.05) is 39.5 Å². The summed E-state index contributed by atoms with van der Waals surface area (Å²) in [7, 11) is 0. The van der Waals surface area contributed by atoms with Gasteiger partial charge in [-0.05, 0) is 40.5 Å². The third kappa shape index (κ3) is 12.7. The molecule has 0 aromatic carbocycles. The van der Waals surface area contributed by atoms with Gasteiger partial charge >= 0.3 is 0 Å². The van der Waals surface area contributed by atoms with E-state index in [1.165, 1.54) is 0 Å². The van der Waals surface area contributed by atoms with E-state index in [4.69, 9.17) is 9.78 Å². The average molecular weight is 343 g/mol. The van der Waals surface area contributed by atoms with Crippen molar-refractivity contribution < 1.29 is 19.4 Å². The summed E-state index contributed by atoms with van der Waals surface area (Å²) < 4.78 is 0. The van der Waals surface area contributed by atoms with Gasteiger partial charge in [0.25, 0.3) is 0 Å². The first kappa shape index (κ1) is 23.3. The van der Waals surface area contributed by atoms with Gasteiger partial charge in [0.05, 0.1) is 0 Å². The van der Waals surface area contributed by atoms with Crippen LogP contribution in [-0.2, 0) is 19.4 Å². The monoisotopic (exact) mass is 342 g/mol. The molecule has 0 saturated heterocycles. The van der Waals surface area contributed by atoms with Gasteiger partial charge in [-0.25, -0.2) is 9.78 Å². The lowest BCUT2D eigenvalue weighted by atomic mass is 9.98. The van der Waals surface area contributed by atoms with Gasteiger partial charge in [-0.3, -0.25) is 9.59 Å². The van der Waals surface area contributed by atoms with Crippen LogP contribution in [0.15, 0.2) is 0 Å². The van der Waals surface area contributed by atoms with Crippen LogP contribution in [0.4, 0.5) is 0 Å². The summed E-state index contributed by atoms with van der Waals surface area (Å²) in [6, 6.07) is 0. The molecule has 24 heavy (non-hydrogen) atoms. The minimum absolute atomic E-state index is 0.200. The molecule has 0 saturated carbocycles. The Labute approximate surface area is 148 Å². The molecule has 0 fully saturated rings. The summed E-state index contributed by atoms with van der Waals surface area (Å²) in [5.74, 6) is 0.399. The molecule has 0 spiro atoms. The van der Waals surface area contributed by atoms with Gasteiger partial charge in [0, 0.05) is 25.7 Å². The van der Waals surface area contributed by atoms with Gasteiger partial charge in [0.15, 0.2) is 0 Å². The third-order valence-electron chi connectivity index (χ3n) is 3.86. The summed E-state index contributed by atoms with van der Waals surface area (Å²) in [4.78, 5) is 35.0. The summed E-state index contributed by atoms with van der Waals surface area (Å²) in [5.41, 5.74) is -1.35. The number of hydrogen-bond acceptors (Lipinski definition) is 4. The lowest BCUT2D eigenvalue weighted by Gasteiger charge is -2.30. The molecule has 0 rings (SSSR count). The highest BCUT2D eigenvalue weighted by molar-refractivity contribution is 5.79. The molecular formula is C20H38O4. The SMILES string of the molecule is CCCCCC(=O)CC(C)(C)OOC(C)(C)CC(=O)CCCCC. The second-order valence-electron chi connectivity index (χ2n) is 8.03. The molecule has 0 radical (unpaired) electrons. The lowest BCUT2D eigenvalue weighted by Crippen LogP contribution is -2.35. The molecule has 0 aromatic heterocycles. The van der Waals surface area contributed by atoms with Gasteiger partial charge < -0.3 is 0 Å². The standard InChI is InChI=1S/C20H38O4/c1-7-9-11-13-17(21)15-19(3,4)23-24-20(5,6)16-18(22)14-12-10-8-2/h7-16H2,1-6H3. The first-order valence-electron chi connectivity index (χ1n) is 9.52. The molecule has 0 aliphatic rings. The van der Waals surface area contributed by atoms with E-state index in [-0.39, 0.29) is 11.6 Å². The highest BCUT2D eigenvalue weighted by Crippen LogP contribution is 2.24. The van der Waals surface area contributed by atoms with E-state index in [9.17, 15) is 9.59 Å². The van der Waals surface area contributed by atoms with Crippen LogP contribution in [0.2, 0.25) is 0 Å². The van der Waals surface area contributed by atoms with Crippen molar-refractivity contribution in [1.29, 1.82) is 0 Å². The van der Waals surface area contributed by atoms with Crippen LogP contribution in [0.3, 0.4) is 0 Å². The molecule has 4 heteroatoms. The second kappa shape index (κ2) is 11.8. The minimum atomic E-state index is -0.675. The highest BCUT2D eigenvalue weighted by Gasteiger charge is 2.30. The first-order chi connectivity index (χ1) is 11.1. The van der Waals surface area contributed by atoms with Crippen LogP contribution in [-0.4, -0.2) is 22.8 Å². The topological polar surface area (TPSA) is 52.6 Å². The Hall–Kier alpha value is -0.740. The normalized spacial score (nSPS) is 12.4. The summed E-state index contributed by atoms with van der Waals surface area (Å²) in [5, 5.41) is 0. The maximum atomic E-state index is 12.0. The summed E-state index contributed by atoms with van der Waals surface area (Å²) in [6.45, 7) is 11.6. The third-order valence-corrected chi connectivity index (χ3v) is 3.86. The van der Waals surface area contributed by atoms with E-state index in [0.29, 0.717) is 25.7 Å². The molecule has 0 aliphatic carbocycles. The zero-order valence-electron chi connectivity index (χ0n) is 16.7. The molecule has 0 amide bonds. The Balaban J connectivity index is 4.21. The average Bonchev–Trinajstić information content (AvgIpc) is 2.45. The number of ketones is 2. The van der Waals surface area contributed by atoms with Gasteiger partial charge in [0.1, 0.15) is 22.8 Å². The summed E-state index contributed by atoms with van der Waals surface area (Å²) in [6.07, 6.45) is 8.10. The minimum Gasteiger partial charge on any atom is -0.300 e. The number of Topliss-reactive ketones (excluding diaryl/α,β-unsaturated/α-hetero) is 2. The molecule has 0 N–H and O–H groups in total. The van der Waals surface area contributed by atoms with Crippen LogP contribution in [0.1, 0.15) is 106 Å². The van der Waals surface area contributed by atoms with E-state index in [1.54, 1.807) is 0 Å². The van der Waals surface area contributed by atoms with Crippen molar-refractivity contribution >= 4 is 11.6 Å². The zero-order valence-corrected chi connectivity index (χ0v) is 16.7. The molecular weight excluding hydrogens is 304 g/mol. The lowest BCUT2D eigenvalue weighted by molar-refractivity contribution is -0.399. The Morgan fingerprint density at radius 3 is 1.29 bits per heavy atom. The van der Waals surface area contributed by atoms with E-state index in [1.807, 2.05) is 27.7 Å². The molecule has 4 nitrogen and oxygen atoms in total. The number of unbranched alkanes of at least 4 members (excludes halogenated alkanes) is 4. The Bertz CT molecular complexity index is 336. The van der Waals surface area contributed by atoms with Crippen molar-refractivity contribution in [1.82, 2.24) is 0 Å². The molecule has 0 bridgehead atoms. The second-order valence-corrected chi connectivity index (χ2v) is 8.03. The van der Waals surface area contributed by atoms with Gasteiger partial charge in [-0.15, -0.1) is 0 Å². The van der Waals surface area contributed by atoms with Crippen molar-refractivity contribution in [3.8, 4) is 0 Å². The van der Waals surface area contributed by atoms with E-state index in [0.717, 1.165) is 38.5 Å². The van der Waals surface area contributed by atoms with Crippen molar-refractivity contribution in [2.45, 2.75) is 117 Å². The smallest absolute Gasteiger partial charge is 0.135 e. The van der Waals surface area contributed by atoms with Crippen LogP contribution in [0, 0.1) is 0 Å². The highest BCUT2D eigenvalue weighted by atomic mass is 17.2. The van der Waals surface area contributed by atoms with Crippen molar-refractivity contribution in [3.05, 3.63) is 0 Å². The van der Waals surface area contributed by atoms with Crippen LogP contribution in [0.5, 0.6) is 0 Å². The molecule has 0 aliphatic heterocycles. The Morgan fingerprint density at radius 1 is 0.667 bits per heavy atom. The van der Waals surface area contributed by atoms with E-state index in [2.05, 4.69) is 13.8 Å². The predicted octanol–water partition coefficient (Wildman–Crippen LogP) is 5.57. The molecule has 0 heterocycles. The Kier molecular flexibility index (Phi) is 11.4. The van der Waals surface area contributed by atoms with Crippen molar-refractivity contribution in [3.63, 3.8) is 0 Å². The molecule has 0 aromatic rings. The van der Waals surface area contributed by atoms with Gasteiger partial charge in [-0.2, -0.15) is 0 Å². The molecule has 0 atom stereocenters. The Morgan fingerprint density at radius 2 is 1.00 bits per heavy atom. The quantitative estimate of drug-likeness (QED) is 0.222. The van der Waals surface area contributed by atoms with E-state index < -0.39 is 11.2 Å². The van der Waals surface area contributed by atoms with Crippen LogP contribution in [0.25, 0.3) is 0 Å². The first-order valence-corrected chi connectivity index (χ1v) is 9.52. The fourth-order valence-corrected chi connectivity index (χ4v) is 2.56. The largest absolute Gasteiger partial charge is 0.300 e. The number of carbonyl (C=O) groups is 2. The van der Waals surface area contributed by atoms with E-state index >= 15 is 0 Å². The number of carbonyl (C=O) groups excluding carboxylic acids is 2. The number of rotatable bonds is 15. The molecule has 142 valence electrons. The van der Waals surface area contributed by atoms with Crippen LogP contribution < -0.4 is 0 Å². The predicted molar refractivity (Wildman–Crippen MR) is 97.9 cm³/mol. The van der Waals surface area contributed by atoms with Crippen molar-refractivity contribution in [2.75, 3.05) is 0 Å². The maximum Gasteiger partial charge on any atom is 0.135 e. The zero-order chi connectivity index (χ0) is 18.6. The summed E-state index contributed by atoms with van der Waals surface area (Å²) >= 11 is 0. The van der Waals surface area contributed by atoms with Crippen LogP contribution >= 0.6 is 0 Å². The maximum absolute atomic E-state index is 12.0. The van der Waals surface area contributed by atoms with Gasteiger partial charge in [0.2, 0.25) is 0 Å².